The number of nitro groups is 1. The highest BCUT2D eigenvalue weighted by Gasteiger charge is 2.08. The molecule has 26 heavy (non-hydrogen) atoms. The van der Waals surface area contributed by atoms with Crippen LogP contribution in [0.4, 0.5) is 11.4 Å². The van der Waals surface area contributed by atoms with Gasteiger partial charge < -0.3 is 4.90 Å². The van der Waals surface area contributed by atoms with Crippen LogP contribution >= 0.6 is 0 Å². The molecule has 0 aliphatic rings. The highest BCUT2D eigenvalue weighted by Crippen LogP contribution is 2.22. The van der Waals surface area contributed by atoms with Gasteiger partial charge in [0.2, 0.25) is 0 Å². The molecule has 0 fully saturated rings. The summed E-state index contributed by atoms with van der Waals surface area (Å²) in [6, 6.07) is 13.7. The van der Waals surface area contributed by atoms with Crippen molar-refractivity contribution in [2.75, 3.05) is 19.0 Å². The van der Waals surface area contributed by atoms with Crippen LogP contribution in [0.1, 0.15) is 11.3 Å². The van der Waals surface area contributed by atoms with Crippen molar-refractivity contribution in [3.8, 4) is 6.07 Å². The Morgan fingerprint density at radius 3 is 2.54 bits per heavy atom. The largest absolute Gasteiger partial charge is 0.378 e. The lowest BCUT2D eigenvalue weighted by atomic mass is 10.1. The number of non-ortho nitro benzene ring substituents is 1. The monoisotopic (exact) mass is 345 g/mol. The molecule has 0 unspecified atom stereocenters. The van der Waals surface area contributed by atoms with Gasteiger partial charge in [0.15, 0.2) is 0 Å². The molecule has 0 aliphatic heterocycles. The molecule has 0 saturated carbocycles. The van der Waals surface area contributed by atoms with Gasteiger partial charge in [0.05, 0.1) is 39.5 Å². The first-order valence-electron chi connectivity index (χ1n) is 7.78. The lowest BCUT2D eigenvalue weighted by molar-refractivity contribution is -0.384. The number of aromatic nitrogens is 2. The van der Waals surface area contributed by atoms with Crippen molar-refractivity contribution in [1.82, 2.24) is 9.97 Å². The van der Waals surface area contributed by atoms with E-state index in [9.17, 15) is 15.4 Å². The standard InChI is InChI=1S/C19H15N5O2/c1-23(2)17-7-8-18-19(10-17)21-12-15(22-18)9-14(11-20)13-3-5-16(6-4-13)24(25)26/h3-10,12H,1-2H3/b14-9+. The molecule has 3 aromatic rings. The zero-order chi connectivity index (χ0) is 18.7. The third kappa shape index (κ3) is 3.49. The van der Waals surface area contributed by atoms with Crippen molar-refractivity contribution >= 4 is 34.1 Å². The van der Waals surface area contributed by atoms with Crippen LogP contribution in [0.5, 0.6) is 0 Å². The van der Waals surface area contributed by atoms with Crippen LogP contribution < -0.4 is 4.90 Å². The minimum absolute atomic E-state index is 0.0202. The molecular formula is C19H15N5O2. The van der Waals surface area contributed by atoms with Gasteiger partial charge in [-0.15, -0.1) is 0 Å². The minimum Gasteiger partial charge on any atom is -0.378 e. The van der Waals surface area contributed by atoms with Crippen LogP contribution in [0.2, 0.25) is 0 Å². The molecule has 0 N–H and O–H groups in total. The quantitative estimate of drug-likeness (QED) is 0.407. The zero-order valence-electron chi connectivity index (χ0n) is 14.2. The second-order valence-electron chi connectivity index (χ2n) is 5.84. The fraction of sp³-hybridized carbons (Fsp3) is 0.105. The predicted molar refractivity (Wildman–Crippen MR) is 100 cm³/mol. The van der Waals surface area contributed by atoms with E-state index in [-0.39, 0.29) is 5.69 Å². The Morgan fingerprint density at radius 2 is 1.92 bits per heavy atom. The van der Waals surface area contributed by atoms with E-state index in [1.165, 1.54) is 12.1 Å². The summed E-state index contributed by atoms with van der Waals surface area (Å²) in [5.74, 6) is 0. The molecule has 3 rings (SSSR count). The lowest BCUT2D eigenvalue weighted by Gasteiger charge is -2.12. The van der Waals surface area contributed by atoms with E-state index in [4.69, 9.17) is 0 Å². The number of nitriles is 1. The Hall–Kier alpha value is -3.79. The Labute approximate surface area is 150 Å². The normalized spacial score (nSPS) is 11.2. The summed E-state index contributed by atoms with van der Waals surface area (Å²) in [5.41, 5.74) is 3.99. The van der Waals surface area contributed by atoms with E-state index in [1.54, 1.807) is 24.4 Å². The molecule has 7 nitrogen and oxygen atoms in total. The molecule has 1 aromatic heterocycles. The summed E-state index contributed by atoms with van der Waals surface area (Å²) in [7, 11) is 3.91. The summed E-state index contributed by atoms with van der Waals surface area (Å²) in [4.78, 5) is 21.2. The number of allylic oxidation sites excluding steroid dienone is 1. The van der Waals surface area contributed by atoms with Crippen molar-refractivity contribution in [1.29, 1.82) is 5.26 Å². The molecule has 0 radical (unpaired) electrons. The molecule has 1 heterocycles. The van der Waals surface area contributed by atoms with Crippen LogP contribution in [-0.2, 0) is 0 Å². The van der Waals surface area contributed by atoms with E-state index in [2.05, 4.69) is 16.0 Å². The highest BCUT2D eigenvalue weighted by atomic mass is 16.6. The van der Waals surface area contributed by atoms with Gasteiger partial charge in [0.25, 0.3) is 5.69 Å². The first-order valence-corrected chi connectivity index (χ1v) is 7.78. The molecule has 0 spiro atoms. The van der Waals surface area contributed by atoms with Gasteiger partial charge in [-0.1, -0.05) is 0 Å². The maximum Gasteiger partial charge on any atom is 0.269 e. The van der Waals surface area contributed by atoms with Gasteiger partial charge in [-0.25, -0.2) is 4.98 Å². The number of nitrogens with zero attached hydrogens (tertiary/aromatic N) is 5. The molecule has 0 bridgehead atoms. The number of hydrogen-bond acceptors (Lipinski definition) is 6. The second kappa shape index (κ2) is 6.99. The second-order valence-corrected chi connectivity index (χ2v) is 5.84. The van der Waals surface area contributed by atoms with Crippen LogP contribution in [0.3, 0.4) is 0 Å². The predicted octanol–water partition coefficient (Wildman–Crippen LogP) is 3.67. The third-order valence-corrected chi connectivity index (χ3v) is 3.86. The van der Waals surface area contributed by atoms with E-state index >= 15 is 0 Å². The Bertz CT molecular complexity index is 1050. The number of rotatable bonds is 4. The lowest BCUT2D eigenvalue weighted by Crippen LogP contribution is -2.08. The average molecular weight is 345 g/mol. The summed E-state index contributed by atoms with van der Waals surface area (Å²) < 4.78 is 0. The van der Waals surface area contributed by atoms with Crippen LogP contribution in [0.25, 0.3) is 22.7 Å². The maximum atomic E-state index is 10.7. The van der Waals surface area contributed by atoms with Gasteiger partial charge in [-0.3, -0.25) is 15.1 Å². The number of nitro benzene ring substituents is 1. The van der Waals surface area contributed by atoms with E-state index in [1.807, 2.05) is 37.2 Å². The van der Waals surface area contributed by atoms with Gasteiger partial charge in [0, 0.05) is 31.9 Å². The zero-order valence-corrected chi connectivity index (χ0v) is 14.2. The molecular weight excluding hydrogens is 330 g/mol. The SMILES string of the molecule is CN(C)c1ccc2nc(/C=C(\C#N)c3ccc([N+](=O)[O-])cc3)cnc2c1. The Kier molecular flexibility index (Phi) is 4.58. The molecule has 0 atom stereocenters. The van der Waals surface area contributed by atoms with Gasteiger partial charge >= 0.3 is 0 Å². The van der Waals surface area contributed by atoms with Crippen molar-refractivity contribution in [3.05, 3.63) is 70.0 Å². The Morgan fingerprint density at radius 1 is 1.19 bits per heavy atom. The third-order valence-electron chi connectivity index (χ3n) is 3.86. The van der Waals surface area contributed by atoms with Gasteiger partial charge in [-0.2, -0.15) is 5.26 Å². The van der Waals surface area contributed by atoms with E-state index < -0.39 is 4.92 Å². The maximum absolute atomic E-state index is 10.7. The van der Waals surface area contributed by atoms with E-state index in [0.717, 1.165) is 16.7 Å². The number of hydrogen-bond donors (Lipinski definition) is 0. The van der Waals surface area contributed by atoms with Crippen LogP contribution in [-0.4, -0.2) is 29.0 Å². The van der Waals surface area contributed by atoms with E-state index in [0.29, 0.717) is 16.8 Å². The fourth-order valence-corrected chi connectivity index (χ4v) is 2.45. The summed E-state index contributed by atoms with van der Waals surface area (Å²) in [5, 5.41) is 20.2. The van der Waals surface area contributed by atoms with Gasteiger partial charge in [0.1, 0.15) is 0 Å². The first kappa shape index (κ1) is 17.0. The molecule has 128 valence electrons. The number of anilines is 1. The fourth-order valence-electron chi connectivity index (χ4n) is 2.45. The number of benzene rings is 2. The van der Waals surface area contributed by atoms with Crippen molar-refractivity contribution in [2.45, 2.75) is 0 Å². The topological polar surface area (TPSA) is 96.0 Å². The van der Waals surface area contributed by atoms with Crippen LogP contribution in [0, 0.1) is 21.4 Å². The highest BCUT2D eigenvalue weighted by molar-refractivity contribution is 5.90. The summed E-state index contributed by atoms with van der Waals surface area (Å²) in [6.45, 7) is 0. The van der Waals surface area contributed by atoms with Crippen molar-refractivity contribution in [2.24, 2.45) is 0 Å². The van der Waals surface area contributed by atoms with Crippen molar-refractivity contribution in [3.63, 3.8) is 0 Å². The molecule has 0 saturated heterocycles. The minimum atomic E-state index is -0.476. The number of fused-ring (bicyclic) bond motifs is 1. The molecule has 0 aliphatic carbocycles. The van der Waals surface area contributed by atoms with Crippen molar-refractivity contribution < 1.29 is 4.92 Å². The average Bonchev–Trinajstić information content (AvgIpc) is 2.65. The molecule has 7 heteroatoms. The molecule has 2 aromatic carbocycles. The first-order chi connectivity index (χ1) is 12.5. The Balaban J connectivity index is 1.97. The van der Waals surface area contributed by atoms with Crippen LogP contribution in [0.15, 0.2) is 48.7 Å². The smallest absolute Gasteiger partial charge is 0.269 e. The summed E-state index contributed by atoms with van der Waals surface area (Å²) in [6.07, 6.45) is 3.22. The summed E-state index contributed by atoms with van der Waals surface area (Å²) >= 11 is 0. The molecule has 0 amide bonds. The van der Waals surface area contributed by atoms with Gasteiger partial charge in [-0.05, 0) is 42.0 Å².